The maximum atomic E-state index is 12.4. The fourth-order valence-corrected chi connectivity index (χ4v) is 2.08. The molecule has 0 fully saturated rings. The van der Waals surface area contributed by atoms with E-state index in [0.717, 1.165) is 11.1 Å². The van der Waals surface area contributed by atoms with Gasteiger partial charge in [0.2, 0.25) is 5.91 Å². The average molecular weight is 279 g/mol. The van der Waals surface area contributed by atoms with Crippen LogP contribution in [-0.4, -0.2) is 36.7 Å². The number of methoxy groups -OCH3 is 1. The molecule has 1 aromatic rings. The van der Waals surface area contributed by atoms with Gasteiger partial charge in [0, 0.05) is 7.11 Å². The van der Waals surface area contributed by atoms with Gasteiger partial charge >= 0.3 is 5.97 Å². The van der Waals surface area contributed by atoms with Gasteiger partial charge in [-0.3, -0.25) is 4.79 Å². The Labute approximate surface area is 118 Å². The van der Waals surface area contributed by atoms with Gasteiger partial charge in [0.05, 0.1) is 12.0 Å². The van der Waals surface area contributed by atoms with Gasteiger partial charge in [0.25, 0.3) is 0 Å². The van der Waals surface area contributed by atoms with E-state index in [0.29, 0.717) is 0 Å². The van der Waals surface area contributed by atoms with Crippen molar-refractivity contribution < 1.29 is 19.4 Å². The summed E-state index contributed by atoms with van der Waals surface area (Å²) >= 11 is 0. The minimum atomic E-state index is -1.11. The van der Waals surface area contributed by atoms with Crippen LogP contribution >= 0.6 is 0 Å². The SMILES string of the molecule is COCC(NC(=O)C(C)(C)c1ccccc1C)C(=O)O. The van der Waals surface area contributed by atoms with Crippen LogP contribution in [0.4, 0.5) is 0 Å². The third-order valence-corrected chi connectivity index (χ3v) is 3.32. The molecule has 0 saturated carbocycles. The summed E-state index contributed by atoms with van der Waals surface area (Å²) in [5, 5.41) is 11.6. The molecule has 1 amide bonds. The van der Waals surface area contributed by atoms with Gasteiger partial charge in [0.1, 0.15) is 0 Å². The van der Waals surface area contributed by atoms with E-state index in [1.165, 1.54) is 7.11 Å². The zero-order valence-electron chi connectivity index (χ0n) is 12.3. The second-order valence-electron chi connectivity index (χ2n) is 5.26. The first-order chi connectivity index (χ1) is 9.30. The molecule has 1 atom stereocenters. The van der Waals surface area contributed by atoms with Crippen molar-refractivity contribution in [2.75, 3.05) is 13.7 Å². The quantitative estimate of drug-likeness (QED) is 0.827. The van der Waals surface area contributed by atoms with Crippen molar-refractivity contribution in [3.63, 3.8) is 0 Å². The van der Waals surface area contributed by atoms with E-state index in [2.05, 4.69) is 5.32 Å². The summed E-state index contributed by atoms with van der Waals surface area (Å²) in [7, 11) is 1.40. The van der Waals surface area contributed by atoms with Crippen LogP contribution in [0.3, 0.4) is 0 Å². The van der Waals surface area contributed by atoms with Gasteiger partial charge in [-0.2, -0.15) is 0 Å². The molecule has 5 nitrogen and oxygen atoms in total. The topological polar surface area (TPSA) is 75.6 Å². The predicted octanol–water partition coefficient (Wildman–Crippen LogP) is 1.49. The summed E-state index contributed by atoms with van der Waals surface area (Å²) in [6.45, 7) is 5.41. The van der Waals surface area contributed by atoms with E-state index in [-0.39, 0.29) is 12.5 Å². The van der Waals surface area contributed by atoms with Crippen molar-refractivity contribution in [3.8, 4) is 0 Å². The fraction of sp³-hybridized carbons (Fsp3) is 0.467. The van der Waals surface area contributed by atoms with Crippen LogP contribution in [0.5, 0.6) is 0 Å². The molecule has 5 heteroatoms. The van der Waals surface area contributed by atoms with Gasteiger partial charge < -0.3 is 15.2 Å². The Hall–Kier alpha value is -1.88. The zero-order chi connectivity index (χ0) is 15.3. The minimum absolute atomic E-state index is 0.0646. The zero-order valence-corrected chi connectivity index (χ0v) is 12.3. The molecular formula is C15H21NO4. The Morgan fingerprint density at radius 3 is 2.45 bits per heavy atom. The molecule has 0 aliphatic rings. The van der Waals surface area contributed by atoms with Crippen molar-refractivity contribution in [2.45, 2.75) is 32.2 Å². The van der Waals surface area contributed by atoms with Crippen molar-refractivity contribution in [1.82, 2.24) is 5.32 Å². The number of carbonyl (C=O) groups excluding carboxylic acids is 1. The Balaban J connectivity index is 2.95. The van der Waals surface area contributed by atoms with Gasteiger partial charge in [-0.15, -0.1) is 0 Å². The van der Waals surface area contributed by atoms with Crippen molar-refractivity contribution in [1.29, 1.82) is 0 Å². The third-order valence-electron chi connectivity index (χ3n) is 3.32. The van der Waals surface area contributed by atoms with Crippen LogP contribution in [0, 0.1) is 6.92 Å². The highest BCUT2D eigenvalue weighted by Gasteiger charge is 2.33. The molecule has 0 aromatic heterocycles. The van der Waals surface area contributed by atoms with Crippen LogP contribution in [0.1, 0.15) is 25.0 Å². The van der Waals surface area contributed by atoms with Gasteiger partial charge in [0.15, 0.2) is 6.04 Å². The van der Waals surface area contributed by atoms with E-state index in [1.54, 1.807) is 13.8 Å². The molecule has 110 valence electrons. The van der Waals surface area contributed by atoms with E-state index in [9.17, 15) is 9.59 Å². The number of carboxylic acids is 1. The number of nitrogens with one attached hydrogen (secondary N) is 1. The Bertz CT molecular complexity index is 496. The number of carbonyl (C=O) groups is 2. The molecule has 0 aliphatic heterocycles. The number of rotatable bonds is 6. The lowest BCUT2D eigenvalue weighted by atomic mass is 9.81. The van der Waals surface area contributed by atoms with Crippen molar-refractivity contribution in [2.24, 2.45) is 0 Å². The highest BCUT2D eigenvalue weighted by Crippen LogP contribution is 2.26. The first-order valence-corrected chi connectivity index (χ1v) is 6.39. The second kappa shape index (κ2) is 6.52. The van der Waals surface area contributed by atoms with Crippen LogP contribution in [0.15, 0.2) is 24.3 Å². The van der Waals surface area contributed by atoms with E-state index >= 15 is 0 Å². The maximum absolute atomic E-state index is 12.4. The molecule has 0 heterocycles. The molecule has 1 rings (SSSR count). The lowest BCUT2D eigenvalue weighted by molar-refractivity contribution is -0.144. The van der Waals surface area contributed by atoms with Gasteiger partial charge in [-0.1, -0.05) is 24.3 Å². The summed E-state index contributed by atoms with van der Waals surface area (Å²) in [4.78, 5) is 23.4. The van der Waals surface area contributed by atoms with Gasteiger partial charge in [-0.25, -0.2) is 4.79 Å². The normalized spacial score (nSPS) is 12.8. The van der Waals surface area contributed by atoms with Crippen molar-refractivity contribution >= 4 is 11.9 Å². The second-order valence-corrected chi connectivity index (χ2v) is 5.26. The Morgan fingerprint density at radius 2 is 1.95 bits per heavy atom. The lowest BCUT2D eigenvalue weighted by Gasteiger charge is -2.27. The number of carboxylic acid groups (broad SMARTS) is 1. The molecule has 20 heavy (non-hydrogen) atoms. The molecule has 1 aromatic carbocycles. The number of aliphatic carboxylic acids is 1. The number of benzene rings is 1. The Kier molecular flexibility index (Phi) is 5.27. The highest BCUT2D eigenvalue weighted by molar-refractivity contribution is 5.91. The molecule has 0 bridgehead atoms. The molecule has 0 radical (unpaired) electrons. The first-order valence-electron chi connectivity index (χ1n) is 6.39. The van der Waals surface area contributed by atoms with E-state index in [4.69, 9.17) is 9.84 Å². The van der Waals surface area contributed by atoms with Crippen LogP contribution in [0.2, 0.25) is 0 Å². The van der Waals surface area contributed by atoms with E-state index < -0.39 is 17.4 Å². The molecule has 0 spiro atoms. The number of amides is 1. The summed E-state index contributed by atoms with van der Waals surface area (Å²) in [6, 6.07) is 6.52. The summed E-state index contributed by atoms with van der Waals surface area (Å²) in [5.74, 6) is -1.45. The minimum Gasteiger partial charge on any atom is -0.480 e. The van der Waals surface area contributed by atoms with E-state index in [1.807, 2.05) is 31.2 Å². The first kappa shape index (κ1) is 16.2. The lowest BCUT2D eigenvalue weighted by Crippen LogP contribution is -2.50. The number of hydrogen-bond donors (Lipinski definition) is 2. The smallest absolute Gasteiger partial charge is 0.328 e. The monoisotopic (exact) mass is 279 g/mol. The summed E-state index contributed by atoms with van der Waals surface area (Å²) in [5.41, 5.74) is 1.05. The maximum Gasteiger partial charge on any atom is 0.328 e. The molecule has 2 N–H and O–H groups in total. The molecule has 0 aliphatic carbocycles. The fourth-order valence-electron chi connectivity index (χ4n) is 2.08. The number of aryl methyl sites for hydroxylation is 1. The highest BCUT2D eigenvalue weighted by atomic mass is 16.5. The standard InChI is InChI=1S/C15H21NO4/c1-10-7-5-6-8-11(10)15(2,3)14(19)16-12(9-20-4)13(17)18/h5-8,12H,9H2,1-4H3,(H,16,19)(H,17,18). The number of hydrogen-bond acceptors (Lipinski definition) is 3. The molecular weight excluding hydrogens is 258 g/mol. The van der Waals surface area contributed by atoms with Gasteiger partial charge in [-0.05, 0) is 31.9 Å². The average Bonchev–Trinajstić information content (AvgIpc) is 2.38. The van der Waals surface area contributed by atoms with Crippen LogP contribution in [-0.2, 0) is 19.7 Å². The molecule has 0 saturated heterocycles. The number of ether oxygens (including phenoxy) is 1. The summed E-state index contributed by atoms with van der Waals surface area (Å²) < 4.78 is 4.81. The largest absolute Gasteiger partial charge is 0.480 e. The Morgan fingerprint density at radius 1 is 1.35 bits per heavy atom. The van der Waals surface area contributed by atoms with Crippen molar-refractivity contribution in [3.05, 3.63) is 35.4 Å². The predicted molar refractivity (Wildman–Crippen MR) is 75.6 cm³/mol. The molecule has 1 unspecified atom stereocenters. The summed E-state index contributed by atoms with van der Waals surface area (Å²) in [6.07, 6.45) is 0. The van der Waals surface area contributed by atoms with Crippen LogP contribution < -0.4 is 5.32 Å². The van der Waals surface area contributed by atoms with Crippen LogP contribution in [0.25, 0.3) is 0 Å². The third kappa shape index (κ3) is 3.57.